The van der Waals surface area contributed by atoms with Gasteiger partial charge in [0.25, 0.3) is 0 Å². The predicted molar refractivity (Wildman–Crippen MR) is 234 cm³/mol. The molecule has 3 atom stereocenters. The van der Waals surface area contributed by atoms with Gasteiger partial charge in [-0.1, -0.05) is 53.9 Å². The fourth-order valence-electron chi connectivity index (χ4n) is 10.3. The molecule has 0 radical (unpaired) electrons. The molecule has 7 rings (SSSR count). The van der Waals surface area contributed by atoms with Crippen molar-refractivity contribution in [1.29, 1.82) is 0 Å². The maximum Gasteiger partial charge on any atom is 0.347 e. The van der Waals surface area contributed by atoms with E-state index in [1.165, 1.54) is 41.6 Å². The molecule has 0 N–H and O–H groups in total. The number of unbranched alkanes of at least 4 members (excludes halogenated alkanes) is 3. The number of benzene rings is 2. The average Bonchev–Trinajstić information content (AvgIpc) is 3.13. The van der Waals surface area contributed by atoms with E-state index >= 15 is 0 Å². The van der Waals surface area contributed by atoms with Gasteiger partial charge in [0.15, 0.2) is 5.78 Å². The summed E-state index contributed by atoms with van der Waals surface area (Å²) in [5.74, 6) is 3.61. The summed E-state index contributed by atoms with van der Waals surface area (Å²) in [6, 6.07) is 8.72. The van der Waals surface area contributed by atoms with E-state index in [2.05, 4.69) is 84.7 Å². The van der Waals surface area contributed by atoms with Crippen LogP contribution in [0.2, 0.25) is 18.1 Å². The van der Waals surface area contributed by atoms with Gasteiger partial charge in [0.1, 0.15) is 28.2 Å². The molecule has 1 aliphatic carbocycles. The molecule has 3 aromatic rings. The van der Waals surface area contributed by atoms with E-state index in [1.807, 2.05) is 6.07 Å². The summed E-state index contributed by atoms with van der Waals surface area (Å²) in [5.41, 5.74) is 6.32. The van der Waals surface area contributed by atoms with Crippen molar-refractivity contribution in [3.05, 3.63) is 62.5 Å². The molecule has 3 aliphatic heterocycles. The van der Waals surface area contributed by atoms with Crippen LogP contribution in [0.25, 0.3) is 11.0 Å². The topological polar surface area (TPSA) is 69.0 Å². The number of alkyl halides is 1. The third-order valence-electron chi connectivity index (χ3n) is 14.6. The Hall–Kier alpha value is -2.77. The summed E-state index contributed by atoms with van der Waals surface area (Å²) in [6.07, 6.45) is 14.0. The van der Waals surface area contributed by atoms with E-state index < -0.39 is 13.9 Å². The Morgan fingerprint density at radius 3 is 2.45 bits per heavy atom. The minimum atomic E-state index is -2.20. The summed E-state index contributed by atoms with van der Waals surface area (Å²) in [6.45, 7) is 23.0. The Labute approximate surface area is 342 Å². The number of carbonyl (C=O) groups excluding carboxylic acids is 1. The summed E-state index contributed by atoms with van der Waals surface area (Å²) in [5, 5.41) is 0.944. The molecule has 4 aliphatic rings. The number of hydrogen-bond donors (Lipinski definition) is 0. The van der Waals surface area contributed by atoms with Gasteiger partial charge in [-0.25, -0.2) is 4.79 Å². The molecule has 0 saturated heterocycles. The van der Waals surface area contributed by atoms with Crippen LogP contribution in [0.5, 0.6) is 11.5 Å². The van der Waals surface area contributed by atoms with Gasteiger partial charge in [-0.2, -0.15) is 0 Å². The van der Waals surface area contributed by atoms with Crippen LogP contribution < -0.4 is 19.7 Å². The highest BCUT2D eigenvalue weighted by atomic mass is 35.5. The van der Waals surface area contributed by atoms with Gasteiger partial charge in [0.05, 0.1) is 0 Å². The molecule has 306 valence electrons. The molecular weight excluding hydrogens is 734 g/mol. The van der Waals surface area contributed by atoms with Crippen molar-refractivity contribution in [3.63, 3.8) is 0 Å². The van der Waals surface area contributed by atoms with Gasteiger partial charge in [-0.15, -0.1) is 11.6 Å². The Morgan fingerprint density at radius 1 is 0.982 bits per heavy atom. The quantitative estimate of drug-likeness (QED) is 0.0564. The number of ketones is 1. The Kier molecular flexibility index (Phi) is 11.7. The number of hydrogen-bond acceptors (Lipinski definition) is 6. The third kappa shape index (κ3) is 8.11. The Morgan fingerprint density at radius 2 is 1.71 bits per heavy atom. The molecule has 4 heterocycles. The number of ether oxygens (including phenoxy) is 1. The molecule has 0 amide bonds. The fraction of sp³-hybridized carbons (Fsp3) is 0.667. The number of halogens is 1. The van der Waals surface area contributed by atoms with E-state index in [1.54, 1.807) is 0 Å². The first-order chi connectivity index (χ1) is 26.4. The first-order valence-corrected chi connectivity index (χ1v) is 25.4. The van der Waals surface area contributed by atoms with Crippen molar-refractivity contribution < 1.29 is 18.4 Å². The summed E-state index contributed by atoms with van der Waals surface area (Å²) < 4.78 is 20.4. The lowest BCUT2D eigenvalue weighted by Gasteiger charge is -2.50. The number of aryl methyl sites for hydroxylation is 2. The van der Waals surface area contributed by atoms with Gasteiger partial charge < -0.3 is 18.5 Å². The largest absolute Gasteiger partial charge is 0.543 e. The smallest absolute Gasteiger partial charge is 0.347 e. The molecular formula is C48H68ClNO5Si. The highest BCUT2D eigenvalue weighted by molar-refractivity contribution is 6.74. The summed E-state index contributed by atoms with van der Waals surface area (Å²) in [7, 11) is -2.20. The Bertz CT molecular complexity index is 2010. The van der Waals surface area contributed by atoms with Crippen LogP contribution in [0.15, 0.2) is 33.5 Å². The highest BCUT2D eigenvalue weighted by Gasteiger charge is 2.49. The zero-order valence-corrected chi connectivity index (χ0v) is 37.7. The number of fused-ring (bicyclic) bond motifs is 5. The molecule has 0 unspecified atom stereocenters. The second kappa shape index (κ2) is 15.8. The molecule has 56 heavy (non-hydrogen) atoms. The molecule has 0 bridgehead atoms. The molecule has 8 heteroatoms. The first kappa shape index (κ1) is 41.4. The monoisotopic (exact) mass is 801 g/mol. The molecule has 1 fully saturated rings. The van der Waals surface area contributed by atoms with Crippen LogP contribution in [0.4, 0.5) is 5.69 Å². The predicted octanol–water partition coefficient (Wildman–Crippen LogP) is 12.7. The van der Waals surface area contributed by atoms with Gasteiger partial charge in [0.2, 0.25) is 8.32 Å². The molecule has 0 spiro atoms. The molecule has 6 nitrogen and oxygen atoms in total. The highest BCUT2D eigenvalue weighted by Crippen LogP contribution is 2.58. The van der Waals surface area contributed by atoms with Gasteiger partial charge in [0, 0.05) is 53.5 Å². The van der Waals surface area contributed by atoms with Crippen molar-refractivity contribution in [2.75, 3.05) is 23.9 Å². The number of rotatable bonds is 13. The normalized spacial score (nSPS) is 21.9. The molecule has 1 aromatic heterocycles. The standard InChI is InChI=1S/C48H68ClNO5Si/c1-46(2,3)56(8,9)55-41-30-34(47(4,5)22-12-10-11-13-23-49)29-40-42(41)36-26-31(18-20-38(36)48(6,7)54-40)19-21-39(51)37-28-33-27-32-16-14-24-50-25-15-17-35(43(32)50)44(33)53-45(37)52/h27-31,36,38H,10-26H2,1-9H3/t31-,36+,38+/m0/s1. The minimum Gasteiger partial charge on any atom is -0.543 e. The van der Waals surface area contributed by atoms with Crippen molar-refractivity contribution in [2.24, 2.45) is 11.8 Å². The molecule has 1 saturated carbocycles. The summed E-state index contributed by atoms with van der Waals surface area (Å²) in [4.78, 5) is 29.8. The SMILES string of the molecule is CC(C)(CCCCCCCl)c1cc2c(c(O[Si](C)(C)C(C)(C)C)c1)[C@@H]1C[C@H](CCC(=O)c3cc4cc5c6c(c4oc3=O)CCCN6CCC5)CC[C@H]1C(C)(C)O2. The van der Waals surface area contributed by atoms with E-state index in [-0.39, 0.29) is 33.3 Å². The van der Waals surface area contributed by atoms with Crippen molar-refractivity contribution in [2.45, 2.75) is 173 Å². The van der Waals surface area contributed by atoms with Crippen LogP contribution in [0.3, 0.4) is 0 Å². The van der Waals surface area contributed by atoms with Gasteiger partial charge in [-0.05, 0) is 149 Å². The first-order valence-electron chi connectivity index (χ1n) is 21.9. The van der Waals surface area contributed by atoms with E-state index in [9.17, 15) is 9.59 Å². The van der Waals surface area contributed by atoms with Crippen LogP contribution in [-0.2, 0) is 18.3 Å². The second-order valence-corrected chi connectivity index (χ2v) is 25.6. The number of carbonyl (C=O) groups is 1. The van der Waals surface area contributed by atoms with Crippen molar-refractivity contribution in [1.82, 2.24) is 0 Å². The lowest BCUT2D eigenvalue weighted by Crippen LogP contribution is -2.48. The lowest BCUT2D eigenvalue weighted by atomic mass is 9.63. The van der Waals surface area contributed by atoms with Gasteiger partial charge in [-0.3, -0.25) is 4.79 Å². The lowest BCUT2D eigenvalue weighted by molar-refractivity contribution is -0.0166. The van der Waals surface area contributed by atoms with Crippen LogP contribution in [-0.4, -0.2) is 38.7 Å². The van der Waals surface area contributed by atoms with Crippen LogP contribution >= 0.6 is 11.6 Å². The van der Waals surface area contributed by atoms with Crippen LogP contribution in [0, 0.1) is 11.8 Å². The minimum absolute atomic E-state index is 0.0342. The molecule has 2 aromatic carbocycles. The second-order valence-electron chi connectivity index (χ2n) is 20.5. The number of anilines is 1. The number of nitrogens with zero attached hydrogens (tertiary/aromatic N) is 1. The third-order valence-corrected chi connectivity index (χ3v) is 19.2. The zero-order valence-electron chi connectivity index (χ0n) is 35.9. The number of Topliss-reactive ketones (excluding diaryl/α,β-unsaturated/α-hetero) is 1. The Balaban J connectivity index is 1.15. The van der Waals surface area contributed by atoms with E-state index in [0.717, 1.165) is 106 Å². The zero-order chi connectivity index (χ0) is 40.2. The van der Waals surface area contributed by atoms with E-state index in [0.29, 0.717) is 23.8 Å². The fourth-order valence-corrected chi connectivity index (χ4v) is 11.5. The van der Waals surface area contributed by atoms with Crippen LogP contribution in [0.1, 0.15) is 164 Å². The average molecular weight is 803 g/mol. The maximum absolute atomic E-state index is 13.9. The van der Waals surface area contributed by atoms with E-state index in [4.69, 9.17) is 25.2 Å². The van der Waals surface area contributed by atoms with Crippen molar-refractivity contribution >= 4 is 42.4 Å². The maximum atomic E-state index is 13.9. The van der Waals surface area contributed by atoms with Gasteiger partial charge >= 0.3 is 5.63 Å². The summed E-state index contributed by atoms with van der Waals surface area (Å²) >= 11 is 5.97. The van der Waals surface area contributed by atoms with Crippen molar-refractivity contribution in [3.8, 4) is 11.5 Å².